The van der Waals surface area contributed by atoms with Gasteiger partial charge in [-0.05, 0) is 18.2 Å². The van der Waals surface area contributed by atoms with Gasteiger partial charge in [-0.3, -0.25) is 4.79 Å². The summed E-state index contributed by atoms with van der Waals surface area (Å²) in [6.45, 7) is 0.490. The highest BCUT2D eigenvalue weighted by Gasteiger charge is 2.34. The number of alkyl halides is 3. The Morgan fingerprint density at radius 3 is 2.53 bits per heavy atom. The van der Waals surface area contributed by atoms with Crippen LogP contribution < -0.4 is 0 Å². The first-order chi connectivity index (χ1) is 8.77. The maximum absolute atomic E-state index is 13.1. The lowest BCUT2D eigenvalue weighted by Gasteiger charge is -2.17. The fourth-order valence-electron chi connectivity index (χ4n) is 1.43. The summed E-state index contributed by atoms with van der Waals surface area (Å²) in [5.41, 5.74) is -1.66. The van der Waals surface area contributed by atoms with Crippen LogP contribution in [0, 0.1) is 5.82 Å². The smallest absolute Gasteiger partial charge is 0.383 e. The molecule has 1 rings (SSSR count). The van der Waals surface area contributed by atoms with E-state index in [-0.39, 0.29) is 18.7 Å². The van der Waals surface area contributed by atoms with Crippen molar-refractivity contribution in [2.45, 2.75) is 6.18 Å². The number of nitrogens with zero attached hydrogens (tertiary/aromatic N) is 1. The number of ether oxygens (including phenoxy) is 1. The van der Waals surface area contributed by atoms with E-state index in [2.05, 4.69) is 0 Å². The van der Waals surface area contributed by atoms with Crippen LogP contribution in [0.3, 0.4) is 0 Å². The maximum Gasteiger partial charge on any atom is 0.419 e. The third-order valence-electron chi connectivity index (χ3n) is 2.50. The summed E-state index contributed by atoms with van der Waals surface area (Å²) < 4.78 is 55.4. The van der Waals surface area contributed by atoms with E-state index in [4.69, 9.17) is 4.74 Å². The fraction of sp³-hybridized carbons (Fsp3) is 0.417. The van der Waals surface area contributed by atoms with Crippen LogP contribution >= 0.6 is 0 Å². The number of halogens is 4. The van der Waals surface area contributed by atoms with Crippen molar-refractivity contribution >= 4 is 5.91 Å². The number of hydrogen-bond donors (Lipinski definition) is 0. The number of rotatable bonds is 4. The van der Waals surface area contributed by atoms with Gasteiger partial charge in [0.1, 0.15) is 5.82 Å². The minimum Gasteiger partial charge on any atom is -0.383 e. The van der Waals surface area contributed by atoms with Crippen molar-refractivity contribution in [3.05, 3.63) is 35.1 Å². The molecule has 0 heterocycles. The molecule has 1 aromatic rings. The molecule has 0 saturated heterocycles. The molecule has 0 aliphatic rings. The maximum atomic E-state index is 13.1. The van der Waals surface area contributed by atoms with Crippen molar-refractivity contribution in [3.63, 3.8) is 0 Å². The molecule has 106 valence electrons. The highest BCUT2D eigenvalue weighted by Crippen LogP contribution is 2.32. The zero-order valence-electron chi connectivity index (χ0n) is 10.4. The van der Waals surface area contributed by atoms with Gasteiger partial charge < -0.3 is 9.64 Å². The van der Waals surface area contributed by atoms with Crippen LogP contribution in [0.2, 0.25) is 0 Å². The first kappa shape index (κ1) is 15.4. The van der Waals surface area contributed by atoms with Gasteiger partial charge in [0.2, 0.25) is 0 Å². The van der Waals surface area contributed by atoms with Gasteiger partial charge in [0.15, 0.2) is 0 Å². The molecule has 0 aliphatic carbocycles. The van der Waals surface area contributed by atoms with Gasteiger partial charge >= 0.3 is 6.18 Å². The number of carbonyl (C=O) groups is 1. The molecule has 0 saturated carbocycles. The Hall–Kier alpha value is -1.63. The zero-order valence-corrected chi connectivity index (χ0v) is 10.4. The van der Waals surface area contributed by atoms with E-state index >= 15 is 0 Å². The molecule has 1 amide bonds. The molecule has 0 radical (unpaired) electrons. The van der Waals surface area contributed by atoms with Crippen molar-refractivity contribution < 1.29 is 27.1 Å². The van der Waals surface area contributed by atoms with Crippen LogP contribution in [0.4, 0.5) is 17.6 Å². The lowest BCUT2D eigenvalue weighted by atomic mass is 10.1. The Morgan fingerprint density at radius 1 is 1.37 bits per heavy atom. The number of benzene rings is 1. The van der Waals surface area contributed by atoms with Gasteiger partial charge in [0.05, 0.1) is 12.2 Å². The molecule has 19 heavy (non-hydrogen) atoms. The van der Waals surface area contributed by atoms with Crippen molar-refractivity contribution in [2.75, 3.05) is 27.3 Å². The molecule has 0 aliphatic heterocycles. The van der Waals surface area contributed by atoms with E-state index in [1.165, 1.54) is 19.1 Å². The Morgan fingerprint density at radius 2 is 2.00 bits per heavy atom. The van der Waals surface area contributed by atoms with Crippen molar-refractivity contribution in [1.29, 1.82) is 0 Å². The fourth-order valence-corrected chi connectivity index (χ4v) is 1.43. The predicted molar refractivity (Wildman–Crippen MR) is 60.2 cm³/mol. The summed E-state index contributed by atoms with van der Waals surface area (Å²) in [6.07, 6.45) is -4.83. The Kier molecular flexibility index (Phi) is 4.88. The van der Waals surface area contributed by atoms with Crippen molar-refractivity contribution in [2.24, 2.45) is 0 Å². The normalized spacial score (nSPS) is 11.5. The van der Waals surface area contributed by atoms with E-state index < -0.39 is 23.5 Å². The summed E-state index contributed by atoms with van der Waals surface area (Å²) >= 11 is 0. The summed E-state index contributed by atoms with van der Waals surface area (Å²) in [4.78, 5) is 13.0. The number of likely N-dealkylation sites (N-methyl/N-ethyl adjacent to an activating group) is 1. The quantitative estimate of drug-likeness (QED) is 0.793. The minimum atomic E-state index is -4.83. The second-order valence-corrected chi connectivity index (χ2v) is 3.91. The largest absolute Gasteiger partial charge is 0.419 e. The highest BCUT2D eigenvalue weighted by atomic mass is 19.4. The average Bonchev–Trinajstić information content (AvgIpc) is 2.34. The first-order valence-corrected chi connectivity index (χ1v) is 5.38. The number of carbonyl (C=O) groups excluding carboxylic acids is 1. The van der Waals surface area contributed by atoms with Gasteiger partial charge in [-0.1, -0.05) is 0 Å². The van der Waals surface area contributed by atoms with Gasteiger partial charge in [0, 0.05) is 26.3 Å². The summed E-state index contributed by atoms with van der Waals surface area (Å²) in [5.74, 6) is -2.02. The van der Waals surface area contributed by atoms with Crippen LogP contribution in [-0.2, 0) is 10.9 Å². The predicted octanol–water partition coefficient (Wildman–Crippen LogP) is 2.56. The molecule has 1 aromatic carbocycles. The van der Waals surface area contributed by atoms with Crippen LogP contribution in [0.1, 0.15) is 15.9 Å². The van der Waals surface area contributed by atoms with Crippen molar-refractivity contribution in [1.82, 2.24) is 4.90 Å². The second kappa shape index (κ2) is 6.01. The molecule has 3 nitrogen and oxygen atoms in total. The SMILES string of the molecule is COCCN(C)C(=O)c1ccc(F)c(C(F)(F)F)c1. The molecular formula is C12H13F4NO2. The van der Waals surface area contributed by atoms with Gasteiger partial charge in [-0.25, -0.2) is 4.39 Å². The van der Waals surface area contributed by atoms with Crippen LogP contribution in [0.25, 0.3) is 0 Å². The molecule has 0 atom stereocenters. The number of amides is 1. The Labute approximate surface area is 107 Å². The lowest BCUT2D eigenvalue weighted by Crippen LogP contribution is -2.30. The topological polar surface area (TPSA) is 29.5 Å². The molecule has 0 fully saturated rings. The molecule has 0 unspecified atom stereocenters. The molecule has 0 spiro atoms. The first-order valence-electron chi connectivity index (χ1n) is 5.38. The minimum absolute atomic E-state index is 0.215. The van der Waals surface area contributed by atoms with Gasteiger partial charge in [-0.15, -0.1) is 0 Å². The van der Waals surface area contributed by atoms with Crippen LogP contribution in [-0.4, -0.2) is 38.1 Å². The highest BCUT2D eigenvalue weighted by molar-refractivity contribution is 5.94. The van der Waals surface area contributed by atoms with Crippen LogP contribution in [0.5, 0.6) is 0 Å². The summed E-state index contributed by atoms with van der Waals surface area (Å²) in [5, 5.41) is 0. The molecule has 0 bridgehead atoms. The molecule has 0 aromatic heterocycles. The lowest BCUT2D eigenvalue weighted by molar-refractivity contribution is -0.140. The third-order valence-corrected chi connectivity index (χ3v) is 2.50. The second-order valence-electron chi connectivity index (χ2n) is 3.91. The van der Waals surface area contributed by atoms with Gasteiger partial charge in [-0.2, -0.15) is 13.2 Å². The summed E-state index contributed by atoms with van der Waals surface area (Å²) in [7, 11) is 2.87. The number of methoxy groups -OCH3 is 1. The van der Waals surface area contributed by atoms with E-state index in [0.717, 1.165) is 6.07 Å². The van der Waals surface area contributed by atoms with Crippen LogP contribution in [0.15, 0.2) is 18.2 Å². The van der Waals surface area contributed by atoms with E-state index in [1.54, 1.807) is 0 Å². The average molecular weight is 279 g/mol. The molecule has 0 N–H and O–H groups in total. The Balaban J connectivity index is 2.99. The molecular weight excluding hydrogens is 266 g/mol. The Bertz CT molecular complexity index is 460. The summed E-state index contributed by atoms with van der Waals surface area (Å²) in [6, 6.07) is 2.18. The molecule has 7 heteroatoms. The third kappa shape index (κ3) is 3.92. The van der Waals surface area contributed by atoms with E-state index in [9.17, 15) is 22.4 Å². The zero-order chi connectivity index (χ0) is 14.6. The van der Waals surface area contributed by atoms with Gasteiger partial charge in [0.25, 0.3) is 5.91 Å². The van der Waals surface area contributed by atoms with E-state index in [1.807, 2.05) is 0 Å². The van der Waals surface area contributed by atoms with Crippen molar-refractivity contribution in [3.8, 4) is 0 Å². The standard InChI is InChI=1S/C12H13F4NO2/c1-17(5-6-19-2)11(18)8-3-4-10(13)9(7-8)12(14,15)16/h3-4,7H,5-6H2,1-2H3. The number of hydrogen-bond acceptors (Lipinski definition) is 2. The monoisotopic (exact) mass is 279 g/mol. The van der Waals surface area contributed by atoms with E-state index in [0.29, 0.717) is 12.1 Å².